The van der Waals surface area contributed by atoms with E-state index in [-0.39, 0.29) is 11.9 Å². The standard InChI is InChI=1S/C23H31N3O/c1-25(2)21-13-11-20(12-14-21)22(26-16-6-7-17-26)18-24-23(27)15-10-19-8-4-3-5-9-19/h3-5,8-9,11-14,22H,6-7,10,15-18H2,1-2H3,(H,24,27)/t22-/m0/s1. The Bertz CT molecular complexity index is 706. The molecule has 0 aromatic heterocycles. The lowest BCUT2D eigenvalue weighted by molar-refractivity contribution is -0.121. The van der Waals surface area contributed by atoms with Crippen molar-refractivity contribution in [2.45, 2.75) is 31.7 Å². The van der Waals surface area contributed by atoms with Crippen molar-refractivity contribution >= 4 is 11.6 Å². The lowest BCUT2D eigenvalue weighted by atomic mass is 10.0. The Labute approximate surface area is 163 Å². The van der Waals surface area contributed by atoms with Crippen LogP contribution in [0.1, 0.15) is 36.4 Å². The van der Waals surface area contributed by atoms with Crippen molar-refractivity contribution in [3.63, 3.8) is 0 Å². The first-order chi connectivity index (χ1) is 13.1. The summed E-state index contributed by atoms with van der Waals surface area (Å²) in [6.45, 7) is 2.90. The SMILES string of the molecule is CN(C)c1ccc([C@H](CNC(=O)CCc2ccccc2)N2CCCC2)cc1. The highest BCUT2D eigenvalue weighted by Crippen LogP contribution is 2.26. The monoisotopic (exact) mass is 365 g/mol. The van der Waals surface area contributed by atoms with Crippen LogP contribution in [0.15, 0.2) is 54.6 Å². The first-order valence-electron chi connectivity index (χ1n) is 9.95. The van der Waals surface area contributed by atoms with E-state index in [1.165, 1.54) is 29.7 Å². The van der Waals surface area contributed by atoms with Crippen molar-refractivity contribution in [3.8, 4) is 0 Å². The zero-order valence-corrected chi connectivity index (χ0v) is 16.5. The van der Waals surface area contributed by atoms with Gasteiger partial charge < -0.3 is 10.2 Å². The van der Waals surface area contributed by atoms with Crippen LogP contribution in [0.25, 0.3) is 0 Å². The number of hydrogen-bond acceptors (Lipinski definition) is 3. The number of nitrogens with one attached hydrogen (secondary N) is 1. The number of rotatable bonds is 8. The van der Waals surface area contributed by atoms with E-state index in [0.29, 0.717) is 13.0 Å². The number of benzene rings is 2. The number of hydrogen-bond donors (Lipinski definition) is 1. The zero-order valence-electron chi connectivity index (χ0n) is 16.5. The van der Waals surface area contributed by atoms with Gasteiger partial charge in [-0.1, -0.05) is 42.5 Å². The molecule has 4 nitrogen and oxygen atoms in total. The van der Waals surface area contributed by atoms with Gasteiger partial charge in [-0.2, -0.15) is 0 Å². The van der Waals surface area contributed by atoms with E-state index < -0.39 is 0 Å². The van der Waals surface area contributed by atoms with E-state index in [1.54, 1.807) is 0 Å². The molecule has 1 saturated heterocycles. The molecule has 1 amide bonds. The molecule has 0 spiro atoms. The number of amides is 1. The Morgan fingerprint density at radius 2 is 1.70 bits per heavy atom. The quantitative estimate of drug-likeness (QED) is 0.776. The molecule has 1 fully saturated rings. The van der Waals surface area contributed by atoms with Crippen molar-refractivity contribution in [2.24, 2.45) is 0 Å². The Morgan fingerprint density at radius 3 is 2.33 bits per heavy atom. The van der Waals surface area contributed by atoms with Crippen molar-refractivity contribution in [2.75, 3.05) is 38.6 Å². The fraction of sp³-hybridized carbons (Fsp3) is 0.435. The molecule has 0 bridgehead atoms. The molecule has 0 aliphatic carbocycles. The molecule has 144 valence electrons. The van der Waals surface area contributed by atoms with Crippen LogP contribution < -0.4 is 10.2 Å². The number of nitrogens with zero attached hydrogens (tertiary/aromatic N) is 2. The van der Waals surface area contributed by atoms with Gasteiger partial charge in [0.1, 0.15) is 0 Å². The highest BCUT2D eigenvalue weighted by Gasteiger charge is 2.24. The van der Waals surface area contributed by atoms with E-state index in [1.807, 2.05) is 18.2 Å². The largest absolute Gasteiger partial charge is 0.378 e. The second-order valence-corrected chi connectivity index (χ2v) is 7.53. The van der Waals surface area contributed by atoms with E-state index in [4.69, 9.17) is 0 Å². The second kappa shape index (κ2) is 9.56. The Balaban J connectivity index is 1.59. The predicted octanol–water partition coefficient (Wildman–Crippen LogP) is 3.64. The van der Waals surface area contributed by atoms with Gasteiger partial charge in [0.15, 0.2) is 0 Å². The summed E-state index contributed by atoms with van der Waals surface area (Å²) in [5, 5.41) is 3.17. The summed E-state index contributed by atoms with van der Waals surface area (Å²) in [5.41, 5.74) is 3.69. The summed E-state index contributed by atoms with van der Waals surface area (Å²) in [4.78, 5) is 17.0. The molecular formula is C23H31N3O. The minimum absolute atomic E-state index is 0.132. The molecule has 1 aliphatic heterocycles. The number of likely N-dealkylation sites (tertiary alicyclic amines) is 1. The molecule has 1 atom stereocenters. The molecule has 0 radical (unpaired) electrons. The van der Waals surface area contributed by atoms with Gasteiger partial charge in [0.25, 0.3) is 0 Å². The molecule has 1 aliphatic rings. The minimum Gasteiger partial charge on any atom is -0.378 e. The van der Waals surface area contributed by atoms with E-state index in [0.717, 1.165) is 19.5 Å². The maximum absolute atomic E-state index is 12.4. The van der Waals surface area contributed by atoms with Gasteiger partial charge in [-0.25, -0.2) is 0 Å². The van der Waals surface area contributed by atoms with E-state index in [9.17, 15) is 4.79 Å². The fourth-order valence-electron chi connectivity index (χ4n) is 3.71. The zero-order chi connectivity index (χ0) is 19.1. The van der Waals surface area contributed by atoms with Crippen LogP contribution in [0.4, 0.5) is 5.69 Å². The summed E-state index contributed by atoms with van der Waals surface area (Å²) in [6.07, 6.45) is 3.82. The Hall–Kier alpha value is -2.33. The molecule has 4 heteroatoms. The van der Waals surface area contributed by atoms with E-state index in [2.05, 4.69) is 65.6 Å². The summed E-state index contributed by atoms with van der Waals surface area (Å²) in [5.74, 6) is 0.132. The normalized spacial score (nSPS) is 15.5. The molecule has 1 N–H and O–H groups in total. The van der Waals surface area contributed by atoms with Gasteiger partial charge in [-0.3, -0.25) is 9.69 Å². The van der Waals surface area contributed by atoms with Crippen molar-refractivity contribution in [3.05, 3.63) is 65.7 Å². The van der Waals surface area contributed by atoms with Gasteiger partial charge in [0.05, 0.1) is 6.04 Å². The molecular weight excluding hydrogens is 334 g/mol. The molecule has 0 saturated carbocycles. The average Bonchev–Trinajstić information content (AvgIpc) is 3.22. The Morgan fingerprint density at radius 1 is 1.04 bits per heavy atom. The maximum Gasteiger partial charge on any atom is 0.220 e. The minimum atomic E-state index is 0.132. The molecule has 27 heavy (non-hydrogen) atoms. The number of carbonyl (C=O) groups is 1. The van der Waals surface area contributed by atoms with Gasteiger partial charge in [0.2, 0.25) is 5.91 Å². The van der Waals surface area contributed by atoms with Crippen LogP contribution in [0.3, 0.4) is 0 Å². The van der Waals surface area contributed by atoms with Crippen LogP contribution in [-0.2, 0) is 11.2 Å². The van der Waals surface area contributed by atoms with Crippen LogP contribution in [0.2, 0.25) is 0 Å². The third-order valence-electron chi connectivity index (χ3n) is 5.35. The summed E-state index contributed by atoms with van der Waals surface area (Å²) < 4.78 is 0. The third-order valence-corrected chi connectivity index (χ3v) is 5.35. The van der Waals surface area contributed by atoms with Crippen LogP contribution >= 0.6 is 0 Å². The molecule has 0 unspecified atom stereocenters. The van der Waals surface area contributed by atoms with Gasteiger partial charge >= 0.3 is 0 Å². The Kier molecular flexibility index (Phi) is 6.88. The second-order valence-electron chi connectivity index (χ2n) is 7.53. The fourth-order valence-corrected chi connectivity index (χ4v) is 3.71. The molecule has 3 rings (SSSR count). The molecule has 1 heterocycles. The average molecular weight is 366 g/mol. The molecule has 2 aromatic rings. The number of aryl methyl sites for hydroxylation is 1. The van der Waals surface area contributed by atoms with Gasteiger partial charge in [-0.15, -0.1) is 0 Å². The summed E-state index contributed by atoms with van der Waals surface area (Å²) in [6, 6.07) is 19.2. The van der Waals surface area contributed by atoms with Gasteiger partial charge in [0, 0.05) is 32.7 Å². The number of carbonyl (C=O) groups excluding carboxylic acids is 1. The highest BCUT2D eigenvalue weighted by atomic mass is 16.1. The van der Waals surface area contributed by atoms with Crippen LogP contribution in [0.5, 0.6) is 0 Å². The first kappa shape index (κ1) is 19.4. The van der Waals surface area contributed by atoms with Crippen LogP contribution in [0, 0.1) is 0 Å². The van der Waals surface area contributed by atoms with Crippen molar-refractivity contribution in [1.82, 2.24) is 10.2 Å². The summed E-state index contributed by atoms with van der Waals surface area (Å²) in [7, 11) is 4.11. The van der Waals surface area contributed by atoms with Crippen LogP contribution in [-0.4, -0.2) is 44.5 Å². The topological polar surface area (TPSA) is 35.6 Å². The third kappa shape index (κ3) is 5.57. The smallest absolute Gasteiger partial charge is 0.220 e. The lowest BCUT2D eigenvalue weighted by Gasteiger charge is -2.28. The number of anilines is 1. The van der Waals surface area contributed by atoms with Crippen molar-refractivity contribution < 1.29 is 4.79 Å². The predicted molar refractivity (Wildman–Crippen MR) is 112 cm³/mol. The van der Waals surface area contributed by atoms with Gasteiger partial charge in [-0.05, 0) is 55.6 Å². The summed E-state index contributed by atoms with van der Waals surface area (Å²) >= 11 is 0. The maximum atomic E-state index is 12.4. The highest BCUT2D eigenvalue weighted by molar-refractivity contribution is 5.76. The lowest BCUT2D eigenvalue weighted by Crippen LogP contribution is -2.36. The van der Waals surface area contributed by atoms with Crippen molar-refractivity contribution in [1.29, 1.82) is 0 Å². The molecule has 2 aromatic carbocycles. The first-order valence-corrected chi connectivity index (χ1v) is 9.95. The van der Waals surface area contributed by atoms with E-state index >= 15 is 0 Å².